The van der Waals surface area contributed by atoms with E-state index in [2.05, 4.69) is 11.9 Å². The van der Waals surface area contributed by atoms with Gasteiger partial charge in [0, 0.05) is 5.70 Å². The molecule has 2 aromatic rings. The van der Waals surface area contributed by atoms with Gasteiger partial charge < -0.3 is 5.32 Å². The first-order valence-electron chi connectivity index (χ1n) is 8.25. The van der Waals surface area contributed by atoms with Crippen molar-refractivity contribution in [2.24, 2.45) is 0 Å². The Morgan fingerprint density at radius 2 is 1.54 bits per heavy atom. The average molecular weight is 327 g/mol. The van der Waals surface area contributed by atoms with E-state index in [1.165, 1.54) is 12.1 Å². The van der Waals surface area contributed by atoms with Gasteiger partial charge in [-0.05, 0) is 48.6 Å². The van der Waals surface area contributed by atoms with E-state index in [1.54, 1.807) is 6.92 Å². The predicted molar refractivity (Wildman–Crippen MR) is 97.2 cm³/mol. The van der Waals surface area contributed by atoms with Crippen LogP contribution in [0.25, 0.3) is 11.3 Å². The zero-order valence-electron chi connectivity index (χ0n) is 14.4. The summed E-state index contributed by atoms with van der Waals surface area (Å²) >= 11 is 0. The lowest BCUT2D eigenvalue weighted by molar-refractivity contribution is 0.572. The third-order valence-electron chi connectivity index (χ3n) is 3.84. The van der Waals surface area contributed by atoms with Crippen molar-refractivity contribution in [3.05, 3.63) is 83.1 Å². The normalized spacial score (nSPS) is 14.0. The van der Waals surface area contributed by atoms with Crippen LogP contribution < -0.4 is 5.32 Å². The molecule has 3 heteroatoms. The van der Waals surface area contributed by atoms with Gasteiger partial charge in [0.25, 0.3) is 0 Å². The summed E-state index contributed by atoms with van der Waals surface area (Å²) in [5, 5.41) is 3.09. The molecule has 2 aromatic carbocycles. The molecule has 24 heavy (non-hydrogen) atoms. The highest BCUT2D eigenvalue weighted by molar-refractivity contribution is 5.92. The van der Waals surface area contributed by atoms with E-state index in [9.17, 15) is 8.78 Å². The fourth-order valence-electron chi connectivity index (χ4n) is 2.80. The smallest absolute Gasteiger partial charge is 0.135 e. The minimum absolute atomic E-state index is 0.00898. The monoisotopic (exact) mass is 327 g/mol. The maximum atomic E-state index is 14.4. The van der Waals surface area contributed by atoms with Crippen LogP contribution in [0.4, 0.5) is 8.78 Å². The number of aryl methyl sites for hydroxylation is 1. The second-order valence-electron chi connectivity index (χ2n) is 5.55. The number of hydrogen-bond donors (Lipinski definition) is 1. The van der Waals surface area contributed by atoms with Crippen molar-refractivity contribution in [1.82, 2.24) is 5.32 Å². The van der Waals surface area contributed by atoms with Crippen LogP contribution in [-0.4, -0.2) is 0 Å². The molecule has 0 bridgehead atoms. The molecule has 0 amide bonds. The van der Waals surface area contributed by atoms with Gasteiger partial charge in [-0.2, -0.15) is 0 Å². The van der Waals surface area contributed by atoms with Gasteiger partial charge in [-0.3, -0.25) is 0 Å². The summed E-state index contributed by atoms with van der Waals surface area (Å²) in [4.78, 5) is 0. The predicted octanol–water partition coefficient (Wildman–Crippen LogP) is 6.06. The van der Waals surface area contributed by atoms with Crippen LogP contribution >= 0.6 is 0 Å². The number of benzene rings is 2. The zero-order valence-corrected chi connectivity index (χ0v) is 14.4. The van der Waals surface area contributed by atoms with Crippen LogP contribution in [0.3, 0.4) is 0 Å². The summed E-state index contributed by atoms with van der Waals surface area (Å²) in [7, 11) is 0. The van der Waals surface area contributed by atoms with Gasteiger partial charge in [0.1, 0.15) is 11.6 Å². The van der Waals surface area contributed by atoms with E-state index in [-0.39, 0.29) is 5.56 Å². The molecule has 1 N–H and O–H groups in total. The first-order valence-corrected chi connectivity index (χ1v) is 8.25. The Labute approximate surface area is 142 Å². The minimum atomic E-state index is -0.553. The molecule has 0 aliphatic carbocycles. The van der Waals surface area contributed by atoms with Gasteiger partial charge in [-0.25, -0.2) is 8.78 Å². The van der Waals surface area contributed by atoms with Gasteiger partial charge in [0.2, 0.25) is 0 Å². The Morgan fingerprint density at radius 1 is 0.958 bits per heavy atom. The number of allylic oxidation sites excluding steroid dienone is 2. The van der Waals surface area contributed by atoms with Gasteiger partial charge in [0.15, 0.2) is 0 Å². The zero-order chi connectivity index (χ0) is 17.7. The highest BCUT2D eigenvalue weighted by Crippen LogP contribution is 2.35. The van der Waals surface area contributed by atoms with Gasteiger partial charge in [-0.1, -0.05) is 50.8 Å². The lowest BCUT2D eigenvalue weighted by atomic mass is 9.91. The van der Waals surface area contributed by atoms with E-state index < -0.39 is 11.6 Å². The molecule has 0 radical (unpaired) electrons. The fourth-order valence-corrected chi connectivity index (χ4v) is 2.80. The van der Waals surface area contributed by atoms with Gasteiger partial charge in [0.05, 0.1) is 11.3 Å². The number of halogens is 2. The highest BCUT2D eigenvalue weighted by atomic mass is 19.1. The van der Waals surface area contributed by atoms with Crippen LogP contribution in [0.5, 0.6) is 0 Å². The van der Waals surface area contributed by atoms with Crippen LogP contribution in [0, 0.1) is 18.6 Å². The lowest BCUT2D eigenvalue weighted by Gasteiger charge is -2.25. The summed E-state index contributed by atoms with van der Waals surface area (Å²) in [6.45, 7) is 9.58. The Hall–Kier alpha value is -2.42. The maximum Gasteiger partial charge on any atom is 0.135 e. The number of nitrogens with one attached hydrogen (secondary N) is 1. The van der Waals surface area contributed by atoms with Crippen molar-refractivity contribution in [2.75, 3.05) is 0 Å². The Bertz CT molecular complexity index is 738. The van der Waals surface area contributed by atoms with E-state index in [1.807, 2.05) is 44.2 Å². The summed E-state index contributed by atoms with van der Waals surface area (Å²) in [5.41, 5.74) is 3.69. The standard InChI is InChI=1S/C19H17F2N.C2H6/c1-12-10-16(20)18(17(21)11-12)19-15(9-8-13(2)22-19)14-6-4-3-5-7-14;1-2/h3-7,10-11,22H,2,8-9H2,1H3;1-2H3. The second-order valence-corrected chi connectivity index (χ2v) is 5.55. The summed E-state index contributed by atoms with van der Waals surface area (Å²) in [6.07, 6.45) is 1.46. The van der Waals surface area contributed by atoms with Crippen molar-refractivity contribution in [2.45, 2.75) is 33.6 Å². The Balaban J connectivity index is 0.00000100. The second kappa shape index (κ2) is 7.91. The maximum absolute atomic E-state index is 14.4. The molecule has 3 rings (SSSR count). The lowest BCUT2D eigenvalue weighted by Crippen LogP contribution is -2.19. The first-order chi connectivity index (χ1) is 11.6. The topological polar surface area (TPSA) is 12.0 Å². The molecule has 126 valence electrons. The molecule has 1 heterocycles. The summed E-state index contributed by atoms with van der Waals surface area (Å²) in [6, 6.07) is 12.4. The molecular formula is C21H23F2N. The molecule has 0 saturated heterocycles. The minimum Gasteiger partial charge on any atom is -0.359 e. The Morgan fingerprint density at radius 3 is 2.12 bits per heavy atom. The molecule has 0 unspecified atom stereocenters. The van der Waals surface area contributed by atoms with Crippen molar-refractivity contribution in [3.8, 4) is 0 Å². The number of hydrogen-bond acceptors (Lipinski definition) is 1. The molecular weight excluding hydrogens is 304 g/mol. The fraction of sp³-hybridized carbons (Fsp3) is 0.238. The van der Waals surface area contributed by atoms with E-state index >= 15 is 0 Å². The SMILES string of the molecule is C=C1CCC(c2ccccc2)=C(c2c(F)cc(C)cc2F)N1.CC. The molecule has 0 saturated carbocycles. The number of rotatable bonds is 2. The third-order valence-corrected chi connectivity index (χ3v) is 3.84. The Kier molecular flexibility index (Phi) is 5.91. The first kappa shape index (κ1) is 17.9. The van der Waals surface area contributed by atoms with Crippen LogP contribution in [0.2, 0.25) is 0 Å². The van der Waals surface area contributed by atoms with Crippen molar-refractivity contribution in [3.63, 3.8) is 0 Å². The molecule has 1 aliphatic rings. The van der Waals surface area contributed by atoms with Crippen molar-refractivity contribution < 1.29 is 8.78 Å². The van der Waals surface area contributed by atoms with E-state index in [4.69, 9.17) is 0 Å². The summed E-state index contributed by atoms with van der Waals surface area (Å²) in [5.74, 6) is -1.11. The largest absolute Gasteiger partial charge is 0.359 e. The quantitative estimate of drug-likeness (QED) is 0.706. The van der Waals surface area contributed by atoms with E-state index in [0.29, 0.717) is 17.7 Å². The van der Waals surface area contributed by atoms with Crippen molar-refractivity contribution in [1.29, 1.82) is 0 Å². The van der Waals surface area contributed by atoms with Gasteiger partial charge in [-0.15, -0.1) is 0 Å². The molecule has 0 fully saturated rings. The third kappa shape index (κ3) is 3.73. The van der Waals surface area contributed by atoms with Crippen LogP contribution in [0.15, 0.2) is 54.7 Å². The molecule has 0 spiro atoms. The molecule has 1 nitrogen and oxygen atoms in total. The highest BCUT2D eigenvalue weighted by Gasteiger charge is 2.23. The summed E-state index contributed by atoms with van der Waals surface area (Å²) < 4.78 is 28.7. The average Bonchev–Trinajstić information content (AvgIpc) is 2.57. The molecule has 0 atom stereocenters. The van der Waals surface area contributed by atoms with Gasteiger partial charge >= 0.3 is 0 Å². The van der Waals surface area contributed by atoms with E-state index in [0.717, 1.165) is 23.3 Å². The molecule has 0 aromatic heterocycles. The van der Waals surface area contributed by atoms with Crippen molar-refractivity contribution >= 4 is 11.3 Å². The van der Waals surface area contributed by atoms with Crippen LogP contribution in [0.1, 0.15) is 43.4 Å². The molecule has 1 aliphatic heterocycles. The van der Waals surface area contributed by atoms with Crippen LogP contribution in [-0.2, 0) is 0 Å².